The summed E-state index contributed by atoms with van der Waals surface area (Å²) in [5.74, 6) is 0.970. The molecule has 2 heterocycles. The Kier molecular flexibility index (Phi) is 6.94. The van der Waals surface area contributed by atoms with Crippen molar-refractivity contribution < 1.29 is 31.1 Å². The molecule has 2 aromatic heterocycles. The Morgan fingerprint density at radius 2 is 2.00 bits per heavy atom. The summed E-state index contributed by atoms with van der Waals surface area (Å²) >= 11 is 0. The Morgan fingerprint density at radius 3 is 2.77 bits per heavy atom. The molecule has 0 saturated heterocycles. The summed E-state index contributed by atoms with van der Waals surface area (Å²) in [6.45, 7) is 0.358. The van der Waals surface area contributed by atoms with E-state index in [1.54, 1.807) is 19.4 Å². The van der Waals surface area contributed by atoms with Crippen LogP contribution in [0.5, 0.6) is 11.5 Å². The molecule has 0 saturated carbocycles. The highest BCUT2D eigenvalue weighted by atomic mass is 35.5. The summed E-state index contributed by atoms with van der Waals surface area (Å²) in [5, 5.41) is 3.37. The smallest absolute Gasteiger partial charge is 0.255 e. The molecule has 1 amide bonds. The Labute approximate surface area is 184 Å². The molecule has 0 atom stereocenters. The van der Waals surface area contributed by atoms with E-state index in [-0.39, 0.29) is 19.0 Å². The molecule has 2 aromatic carbocycles. The fourth-order valence-corrected chi connectivity index (χ4v) is 2.95. The number of amides is 1. The number of halogens is 1. The largest absolute Gasteiger partial charge is 1.00 e. The number of nitrogens with two attached hydrogens (primary N) is 1. The van der Waals surface area contributed by atoms with Crippen LogP contribution < -0.4 is 32.9 Å². The van der Waals surface area contributed by atoms with E-state index in [1.807, 2.05) is 48.5 Å². The maximum atomic E-state index is 10.9. The Hall–Kier alpha value is -3.78. The predicted octanol–water partition coefficient (Wildman–Crippen LogP) is 0.379. The number of nitrogens with one attached hydrogen (secondary N) is 1. The van der Waals surface area contributed by atoms with Gasteiger partial charge in [-0.3, -0.25) is 4.79 Å². The summed E-state index contributed by atoms with van der Waals surface area (Å²) in [6, 6.07) is 16.9. The number of fused-ring (bicyclic) bond motifs is 1. The predicted molar refractivity (Wildman–Crippen MR) is 112 cm³/mol. The minimum absolute atomic E-state index is 0. The SMILES string of the molecule is COc1cc(CNc2cccc(-c3nc4ncccc4o3)c2)ccc1OCC(N)=O.[Cl-]. The molecule has 0 aliphatic rings. The van der Waals surface area contributed by atoms with Crippen LogP contribution in [-0.4, -0.2) is 29.6 Å². The quantitative estimate of drug-likeness (QED) is 0.408. The standard InChI is InChI=1S/C22H20N4O4.ClH/c1-28-19-10-14(7-8-17(19)29-13-20(23)27)12-25-16-5-2-4-15(11-16)22-26-21-18(30-22)6-3-9-24-21;/h2-11,25H,12-13H2,1H3,(H2,23,27);1H/p-1. The van der Waals surface area contributed by atoms with Gasteiger partial charge in [0.15, 0.2) is 29.3 Å². The molecular formula is C22H20ClN4O4-. The third-order valence-corrected chi connectivity index (χ3v) is 4.37. The third kappa shape index (κ3) is 5.23. The van der Waals surface area contributed by atoms with Crippen LogP contribution in [0, 0.1) is 0 Å². The van der Waals surface area contributed by atoms with Gasteiger partial charge in [0.25, 0.3) is 5.91 Å². The highest BCUT2D eigenvalue weighted by Crippen LogP contribution is 2.29. The summed E-state index contributed by atoms with van der Waals surface area (Å²) in [6.07, 6.45) is 1.69. The van der Waals surface area contributed by atoms with Gasteiger partial charge in [0.1, 0.15) is 0 Å². The second-order valence-corrected chi connectivity index (χ2v) is 6.52. The molecule has 0 radical (unpaired) electrons. The summed E-state index contributed by atoms with van der Waals surface area (Å²) in [4.78, 5) is 19.6. The van der Waals surface area contributed by atoms with E-state index >= 15 is 0 Å². The van der Waals surface area contributed by atoms with Gasteiger partial charge in [0.05, 0.1) is 7.11 Å². The summed E-state index contributed by atoms with van der Waals surface area (Å²) in [7, 11) is 1.54. The number of oxazole rings is 1. The molecule has 4 aromatic rings. The van der Waals surface area contributed by atoms with Crippen LogP contribution in [0.4, 0.5) is 5.69 Å². The monoisotopic (exact) mass is 439 g/mol. The van der Waals surface area contributed by atoms with Crippen molar-refractivity contribution in [1.82, 2.24) is 9.97 Å². The van der Waals surface area contributed by atoms with Gasteiger partial charge >= 0.3 is 0 Å². The minimum atomic E-state index is -0.544. The molecule has 0 spiro atoms. The van der Waals surface area contributed by atoms with Crippen LogP contribution in [0.3, 0.4) is 0 Å². The lowest BCUT2D eigenvalue weighted by Crippen LogP contribution is -3.00. The molecule has 0 unspecified atom stereocenters. The molecule has 8 nitrogen and oxygen atoms in total. The molecule has 0 aliphatic carbocycles. The third-order valence-electron chi connectivity index (χ3n) is 4.37. The van der Waals surface area contributed by atoms with Crippen LogP contribution in [0.15, 0.2) is 65.2 Å². The van der Waals surface area contributed by atoms with Crippen molar-refractivity contribution in [2.75, 3.05) is 19.0 Å². The average Bonchev–Trinajstić information content (AvgIpc) is 3.21. The van der Waals surface area contributed by atoms with Gasteiger partial charge in [0, 0.05) is 24.0 Å². The number of hydrogen-bond donors (Lipinski definition) is 2. The van der Waals surface area contributed by atoms with E-state index in [0.717, 1.165) is 16.8 Å². The van der Waals surface area contributed by atoms with Crippen molar-refractivity contribution in [3.05, 3.63) is 66.4 Å². The Balaban J connectivity index is 0.00000272. The van der Waals surface area contributed by atoms with Gasteiger partial charge in [-0.25, -0.2) is 4.98 Å². The van der Waals surface area contributed by atoms with Crippen LogP contribution >= 0.6 is 0 Å². The molecule has 0 bridgehead atoms. The lowest BCUT2D eigenvalue weighted by molar-refractivity contribution is -0.119. The van der Waals surface area contributed by atoms with E-state index in [1.165, 1.54) is 0 Å². The number of carbonyl (C=O) groups is 1. The van der Waals surface area contributed by atoms with Gasteiger partial charge in [0.2, 0.25) is 5.89 Å². The van der Waals surface area contributed by atoms with Gasteiger partial charge in [-0.1, -0.05) is 12.1 Å². The number of pyridine rings is 1. The zero-order chi connectivity index (χ0) is 20.9. The fourth-order valence-electron chi connectivity index (χ4n) is 2.95. The van der Waals surface area contributed by atoms with Crippen molar-refractivity contribution in [2.45, 2.75) is 6.54 Å². The average molecular weight is 440 g/mol. The first-order valence-electron chi connectivity index (χ1n) is 9.26. The van der Waals surface area contributed by atoms with Gasteiger partial charge in [-0.15, -0.1) is 0 Å². The first kappa shape index (κ1) is 21.9. The minimum Gasteiger partial charge on any atom is -1.00 e. The summed E-state index contributed by atoms with van der Waals surface area (Å²) in [5.41, 5.74) is 9.10. The second kappa shape index (κ2) is 9.82. The number of ether oxygens (including phenoxy) is 2. The highest BCUT2D eigenvalue weighted by molar-refractivity contribution is 5.75. The molecule has 0 fully saturated rings. The zero-order valence-corrected chi connectivity index (χ0v) is 17.4. The Bertz CT molecular complexity index is 1160. The van der Waals surface area contributed by atoms with E-state index in [2.05, 4.69) is 15.3 Å². The maximum Gasteiger partial charge on any atom is 0.255 e. The van der Waals surface area contributed by atoms with Crippen LogP contribution in [0.1, 0.15) is 5.56 Å². The maximum absolute atomic E-state index is 10.9. The first-order valence-corrected chi connectivity index (χ1v) is 9.26. The number of primary amides is 1. The molecule has 0 aliphatic heterocycles. The van der Waals surface area contributed by atoms with Crippen molar-refractivity contribution in [3.63, 3.8) is 0 Å². The van der Waals surface area contributed by atoms with Gasteiger partial charge < -0.3 is 37.3 Å². The highest BCUT2D eigenvalue weighted by Gasteiger charge is 2.10. The number of anilines is 1. The molecule has 9 heteroatoms. The van der Waals surface area contributed by atoms with E-state index in [9.17, 15) is 4.79 Å². The topological polar surface area (TPSA) is 112 Å². The van der Waals surface area contributed by atoms with Crippen LogP contribution in [-0.2, 0) is 11.3 Å². The van der Waals surface area contributed by atoms with Crippen LogP contribution in [0.2, 0.25) is 0 Å². The second-order valence-electron chi connectivity index (χ2n) is 6.52. The van der Waals surface area contributed by atoms with E-state index in [0.29, 0.717) is 35.2 Å². The number of carbonyl (C=O) groups excluding carboxylic acids is 1. The number of rotatable bonds is 8. The molecule has 31 heavy (non-hydrogen) atoms. The summed E-state index contributed by atoms with van der Waals surface area (Å²) < 4.78 is 16.5. The van der Waals surface area contributed by atoms with Gasteiger partial charge in [-0.2, -0.15) is 4.98 Å². The zero-order valence-electron chi connectivity index (χ0n) is 16.7. The number of methoxy groups -OCH3 is 1. The molecular weight excluding hydrogens is 420 g/mol. The fraction of sp³-hybridized carbons (Fsp3) is 0.136. The van der Waals surface area contributed by atoms with E-state index < -0.39 is 5.91 Å². The van der Waals surface area contributed by atoms with E-state index in [4.69, 9.17) is 19.6 Å². The van der Waals surface area contributed by atoms with Crippen molar-refractivity contribution in [1.29, 1.82) is 0 Å². The molecule has 160 valence electrons. The number of aromatic nitrogens is 2. The Morgan fingerprint density at radius 1 is 1.13 bits per heavy atom. The first-order chi connectivity index (χ1) is 14.6. The lowest BCUT2D eigenvalue weighted by atomic mass is 10.1. The van der Waals surface area contributed by atoms with Crippen LogP contribution in [0.25, 0.3) is 22.7 Å². The lowest BCUT2D eigenvalue weighted by Gasteiger charge is -2.12. The van der Waals surface area contributed by atoms with Crippen molar-refractivity contribution in [2.24, 2.45) is 5.73 Å². The van der Waals surface area contributed by atoms with Crippen molar-refractivity contribution >= 4 is 22.8 Å². The van der Waals surface area contributed by atoms with Gasteiger partial charge in [-0.05, 0) is 48.0 Å². The normalized spacial score (nSPS) is 10.4. The molecule has 3 N–H and O–H groups in total. The number of nitrogens with zero attached hydrogens (tertiary/aromatic N) is 2. The van der Waals surface area contributed by atoms with Crippen molar-refractivity contribution in [3.8, 4) is 23.0 Å². The molecule has 4 rings (SSSR count). The number of hydrogen-bond acceptors (Lipinski definition) is 7. The number of benzene rings is 2.